The van der Waals surface area contributed by atoms with Gasteiger partial charge in [-0.15, -0.1) is 0 Å². The fourth-order valence-electron chi connectivity index (χ4n) is 2.38. The van der Waals surface area contributed by atoms with Crippen molar-refractivity contribution in [3.63, 3.8) is 0 Å². The van der Waals surface area contributed by atoms with Gasteiger partial charge in [-0.2, -0.15) is 0 Å². The lowest BCUT2D eigenvalue weighted by molar-refractivity contribution is -0.384. The summed E-state index contributed by atoms with van der Waals surface area (Å²) in [5.41, 5.74) is 1.50. The summed E-state index contributed by atoms with van der Waals surface area (Å²) in [6, 6.07) is 12.4. The molecule has 0 bridgehead atoms. The Morgan fingerprint density at radius 3 is 2.45 bits per heavy atom. The highest BCUT2D eigenvalue weighted by Crippen LogP contribution is 2.13. The van der Waals surface area contributed by atoms with Crippen molar-refractivity contribution in [1.82, 2.24) is 5.32 Å². The third kappa shape index (κ3) is 6.42. The number of nitrogens with one attached hydrogen (secondary N) is 2. The standard InChI is InChI=1S/C20H21N3O6/c1-3-14-7-9-16(10-8-14)22-19(25)13(2)29-18(24)12-21-20(26)15-5-4-6-17(11-15)23(27)28/h4-11,13H,3,12H2,1-2H3,(H,21,26)(H,22,25)/t13-/m1/s1. The lowest BCUT2D eigenvalue weighted by Crippen LogP contribution is -2.35. The van der Waals surface area contributed by atoms with E-state index in [0.29, 0.717) is 5.69 Å². The molecule has 9 heteroatoms. The molecule has 0 fully saturated rings. The van der Waals surface area contributed by atoms with Gasteiger partial charge >= 0.3 is 5.97 Å². The van der Waals surface area contributed by atoms with Crippen molar-refractivity contribution >= 4 is 29.2 Å². The van der Waals surface area contributed by atoms with Crippen LogP contribution in [0.4, 0.5) is 11.4 Å². The van der Waals surface area contributed by atoms with Crippen LogP contribution in [0.15, 0.2) is 48.5 Å². The zero-order valence-corrected chi connectivity index (χ0v) is 16.0. The van der Waals surface area contributed by atoms with E-state index in [4.69, 9.17) is 4.74 Å². The van der Waals surface area contributed by atoms with E-state index >= 15 is 0 Å². The normalized spacial score (nSPS) is 11.2. The second kappa shape index (κ2) is 9.98. The number of nitrogens with zero attached hydrogens (tertiary/aromatic N) is 1. The molecule has 0 aliphatic rings. The van der Waals surface area contributed by atoms with E-state index in [1.54, 1.807) is 12.1 Å². The number of amides is 2. The van der Waals surface area contributed by atoms with Crippen molar-refractivity contribution in [2.75, 3.05) is 11.9 Å². The first-order valence-electron chi connectivity index (χ1n) is 8.92. The van der Waals surface area contributed by atoms with Gasteiger partial charge in [-0.05, 0) is 37.1 Å². The Bertz CT molecular complexity index is 911. The highest BCUT2D eigenvalue weighted by atomic mass is 16.6. The van der Waals surface area contributed by atoms with Crippen LogP contribution in [0, 0.1) is 10.1 Å². The van der Waals surface area contributed by atoms with Crippen LogP contribution < -0.4 is 10.6 Å². The minimum absolute atomic E-state index is 0.0355. The van der Waals surface area contributed by atoms with Gasteiger partial charge in [0, 0.05) is 23.4 Å². The number of ether oxygens (including phenoxy) is 1. The van der Waals surface area contributed by atoms with E-state index in [1.165, 1.54) is 25.1 Å². The number of nitro benzene ring substituents is 1. The number of non-ortho nitro benzene ring substituents is 1. The molecule has 0 saturated carbocycles. The molecule has 2 amide bonds. The Morgan fingerprint density at radius 2 is 1.83 bits per heavy atom. The molecule has 0 saturated heterocycles. The average Bonchev–Trinajstić information content (AvgIpc) is 2.72. The predicted octanol–water partition coefficient (Wildman–Crippen LogP) is 2.46. The number of hydrogen-bond acceptors (Lipinski definition) is 6. The molecule has 2 rings (SSSR count). The van der Waals surface area contributed by atoms with Crippen LogP contribution in [0.3, 0.4) is 0 Å². The number of carbonyl (C=O) groups excluding carboxylic acids is 3. The van der Waals surface area contributed by atoms with Crippen molar-refractivity contribution < 1.29 is 24.0 Å². The number of aryl methyl sites for hydroxylation is 1. The Labute approximate surface area is 167 Å². The number of nitro groups is 1. The maximum Gasteiger partial charge on any atom is 0.326 e. The lowest BCUT2D eigenvalue weighted by Gasteiger charge is -2.14. The molecule has 152 valence electrons. The molecule has 1 atom stereocenters. The molecule has 0 aliphatic carbocycles. The van der Waals surface area contributed by atoms with Crippen LogP contribution in [-0.4, -0.2) is 35.4 Å². The first-order valence-corrected chi connectivity index (χ1v) is 8.92. The fraction of sp³-hybridized carbons (Fsp3) is 0.250. The van der Waals surface area contributed by atoms with Crippen LogP contribution in [0.5, 0.6) is 0 Å². The summed E-state index contributed by atoms with van der Waals surface area (Å²) in [5, 5.41) is 15.7. The molecule has 2 N–H and O–H groups in total. The van der Waals surface area contributed by atoms with Crippen molar-refractivity contribution in [2.24, 2.45) is 0 Å². The maximum atomic E-state index is 12.1. The van der Waals surface area contributed by atoms with Crippen LogP contribution in [0.25, 0.3) is 0 Å². The van der Waals surface area contributed by atoms with Crippen LogP contribution in [0.2, 0.25) is 0 Å². The molecule has 2 aromatic rings. The van der Waals surface area contributed by atoms with E-state index in [1.807, 2.05) is 19.1 Å². The van der Waals surface area contributed by atoms with Gasteiger partial charge in [-0.3, -0.25) is 24.5 Å². The zero-order valence-electron chi connectivity index (χ0n) is 16.0. The van der Waals surface area contributed by atoms with Gasteiger partial charge in [0.1, 0.15) is 6.54 Å². The van der Waals surface area contributed by atoms with Gasteiger partial charge in [0.25, 0.3) is 17.5 Å². The molecule has 0 spiro atoms. The second-order valence-corrected chi connectivity index (χ2v) is 6.16. The molecule has 9 nitrogen and oxygen atoms in total. The topological polar surface area (TPSA) is 128 Å². The molecular weight excluding hydrogens is 378 g/mol. The number of carbonyl (C=O) groups is 3. The number of rotatable bonds is 8. The largest absolute Gasteiger partial charge is 0.451 e. The second-order valence-electron chi connectivity index (χ2n) is 6.16. The third-order valence-corrected chi connectivity index (χ3v) is 4.02. The maximum absolute atomic E-state index is 12.1. The molecule has 0 aromatic heterocycles. The zero-order chi connectivity index (χ0) is 21.4. The molecule has 29 heavy (non-hydrogen) atoms. The van der Waals surface area contributed by atoms with Gasteiger partial charge < -0.3 is 15.4 Å². The first-order chi connectivity index (χ1) is 13.8. The Hall–Kier alpha value is -3.75. The van der Waals surface area contributed by atoms with E-state index in [2.05, 4.69) is 10.6 Å². The van der Waals surface area contributed by atoms with E-state index in [9.17, 15) is 24.5 Å². The number of hydrogen-bond donors (Lipinski definition) is 2. The molecule has 0 unspecified atom stereocenters. The number of benzene rings is 2. The molecular formula is C20H21N3O6. The van der Waals surface area contributed by atoms with Crippen molar-refractivity contribution in [2.45, 2.75) is 26.4 Å². The molecule has 0 heterocycles. The summed E-state index contributed by atoms with van der Waals surface area (Å²) < 4.78 is 5.00. The highest BCUT2D eigenvalue weighted by molar-refractivity contribution is 5.97. The lowest BCUT2D eigenvalue weighted by atomic mass is 10.1. The number of esters is 1. The van der Waals surface area contributed by atoms with Gasteiger partial charge in [0.2, 0.25) is 0 Å². The summed E-state index contributed by atoms with van der Waals surface area (Å²) in [6.45, 7) is 2.95. The minimum atomic E-state index is -1.07. The summed E-state index contributed by atoms with van der Waals surface area (Å²) in [4.78, 5) is 46.1. The van der Waals surface area contributed by atoms with E-state index in [0.717, 1.165) is 18.1 Å². The Kier molecular flexibility index (Phi) is 7.41. The Morgan fingerprint density at radius 1 is 1.14 bits per heavy atom. The summed E-state index contributed by atoms with van der Waals surface area (Å²) >= 11 is 0. The fourth-order valence-corrected chi connectivity index (χ4v) is 2.38. The molecule has 0 aliphatic heterocycles. The Balaban J connectivity index is 1.83. The van der Waals surface area contributed by atoms with E-state index in [-0.39, 0.29) is 11.3 Å². The minimum Gasteiger partial charge on any atom is -0.451 e. The monoisotopic (exact) mass is 399 g/mol. The van der Waals surface area contributed by atoms with Gasteiger partial charge in [0.05, 0.1) is 4.92 Å². The van der Waals surface area contributed by atoms with Crippen molar-refractivity contribution in [3.05, 3.63) is 69.8 Å². The summed E-state index contributed by atoms with van der Waals surface area (Å²) in [5.74, 6) is -1.99. The van der Waals surface area contributed by atoms with E-state index < -0.39 is 35.4 Å². The van der Waals surface area contributed by atoms with Crippen molar-refractivity contribution in [1.29, 1.82) is 0 Å². The summed E-state index contributed by atoms with van der Waals surface area (Å²) in [7, 11) is 0. The van der Waals surface area contributed by atoms with Gasteiger partial charge in [-0.1, -0.05) is 25.1 Å². The smallest absolute Gasteiger partial charge is 0.326 e. The average molecular weight is 399 g/mol. The first kappa shape index (κ1) is 21.5. The molecule has 0 radical (unpaired) electrons. The molecule has 2 aromatic carbocycles. The van der Waals surface area contributed by atoms with Crippen LogP contribution >= 0.6 is 0 Å². The quantitative estimate of drug-likeness (QED) is 0.399. The van der Waals surface area contributed by atoms with Crippen molar-refractivity contribution in [3.8, 4) is 0 Å². The SMILES string of the molecule is CCc1ccc(NC(=O)[C@@H](C)OC(=O)CNC(=O)c2cccc([N+](=O)[O-])c2)cc1. The van der Waals surface area contributed by atoms with Crippen LogP contribution in [-0.2, 0) is 20.7 Å². The van der Waals surface area contributed by atoms with Crippen LogP contribution in [0.1, 0.15) is 29.8 Å². The predicted molar refractivity (Wildman–Crippen MR) is 105 cm³/mol. The van der Waals surface area contributed by atoms with Gasteiger partial charge in [0.15, 0.2) is 6.10 Å². The van der Waals surface area contributed by atoms with Gasteiger partial charge in [-0.25, -0.2) is 0 Å². The summed E-state index contributed by atoms with van der Waals surface area (Å²) in [6.07, 6.45) is -0.187. The highest BCUT2D eigenvalue weighted by Gasteiger charge is 2.19. The third-order valence-electron chi connectivity index (χ3n) is 4.02. The number of anilines is 1.